The van der Waals surface area contributed by atoms with Crippen LogP contribution in [-0.2, 0) is 4.79 Å². The lowest BCUT2D eigenvalue weighted by Gasteiger charge is -2.29. The normalized spacial score (nSPS) is 15.0. The average molecular weight is 591 g/mol. The zero-order valence-electron chi connectivity index (χ0n) is 22.9. The Morgan fingerprint density at radius 2 is 1.85 bits per heavy atom. The number of aryl methyl sites for hydroxylation is 1. The zero-order chi connectivity index (χ0) is 29.4. The van der Waals surface area contributed by atoms with Crippen LogP contribution in [0.2, 0.25) is 5.02 Å². The lowest BCUT2D eigenvalue weighted by Crippen LogP contribution is -2.43. The van der Waals surface area contributed by atoms with Gasteiger partial charge in [0.1, 0.15) is 11.5 Å². The van der Waals surface area contributed by atoms with Gasteiger partial charge in [-0.3, -0.25) is 24.3 Å². The maximum absolute atomic E-state index is 13.9. The van der Waals surface area contributed by atoms with Crippen LogP contribution in [-0.4, -0.2) is 33.4 Å². The summed E-state index contributed by atoms with van der Waals surface area (Å²) < 4.78 is 7.94. The van der Waals surface area contributed by atoms with Gasteiger partial charge in [-0.1, -0.05) is 41.1 Å². The summed E-state index contributed by atoms with van der Waals surface area (Å²) in [5.74, 6) is 0.690. The van der Waals surface area contributed by atoms with E-state index < -0.39 is 11.0 Å². The largest absolute Gasteiger partial charge is 0.457 e. The lowest BCUT2D eigenvalue weighted by molar-refractivity contribution is -0.384. The van der Waals surface area contributed by atoms with Crippen molar-refractivity contribution < 1.29 is 14.1 Å². The summed E-state index contributed by atoms with van der Waals surface area (Å²) in [5.41, 5.74) is 2.80. The molecule has 3 heterocycles. The number of allylic oxidation sites excluding steroid dienone is 1. The first-order valence-corrected chi connectivity index (χ1v) is 14.2. The topological polar surface area (TPSA) is 111 Å². The molecule has 210 valence electrons. The van der Waals surface area contributed by atoms with Crippen molar-refractivity contribution in [2.24, 2.45) is 4.99 Å². The fourth-order valence-electron chi connectivity index (χ4n) is 4.93. The van der Waals surface area contributed by atoms with Crippen molar-refractivity contribution in [2.45, 2.75) is 33.7 Å². The second-order valence-corrected chi connectivity index (χ2v) is 11.0. The average Bonchev–Trinajstić information content (AvgIpc) is 3.53. The standard InChI is InChI=1S/C30H27ClN4O5S/c1-5-33(6-2)29(37)26-18(4)32-30-34(27(26)19-8-10-20(31)11-9-19)28(36)25(41-30)16-22-13-14-24(40-22)23-15-21(35(38)39)12-7-17(23)3/h7-16,27H,5-6H2,1-4H3/b25-16+/t27-/m0/s1. The molecule has 1 atom stereocenters. The summed E-state index contributed by atoms with van der Waals surface area (Å²) in [6, 6.07) is 14.4. The number of non-ortho nitro benzene ring substituents is 1. The molecule has 2 aromatic heterocycles. The number of thiazole rings is 1. The Labute approximate surface area is 244 Å². The summed E-state index contributed by atoms with van der Waals surface area (Å²) in [7, 11) is 0. The Morgan fingerprint density at radius 3 is 2.51 bits per heavy atom. The molecule has 41 heavy (non-hydrogen) atoms. The molecule has 1 aliphatic rings. The molecular formula is C30H27ClN4O5S. The van der Waals surface area contributed by atoms with Gasteiger partial charge >= 0.3 is 0 Å². The zero-order valence-corrected chi connectivity index (χ0v) is 24.5. The SMILES string of the molecule is CCN(CC)C(=O)C1=C(C)N=c2s/c(=C/c3ccc(-c4cc([N+](=O)[O-])ccc4C)o3)c(=O)n2[C@H]1c1ccc(Cl)cc1. The molecule has 2 aromatic carbocycles. The number of nitro groups is 1. The highest BCUT2D eigenvalue weighted by Gasteiger charge is 2.34. The highest BCUT2D eigenvalue weighted by atomic mass is 35.5. The van der Waals surface area contributed by atoms with Gasteiger partial charge in [-0.05, 0) is 63.1 Å². The quantitative estimate of drug-likeness (QED) is 0.216. The van der Waals surface area contributed by atoms with Crippen LogP contribution in [0, 0.1) is 17.0 Å². The number of fused-ring (bicyclic) bond motifs is 1. The van der Waals surface area contributed by atoms with Gasteiger partial charge in [0.15, 0.2) is 4.80 Å². The Hall–Kier alpha value is -4.28. The number of carbonyl (C=O) groups is 1. The minimum absolute atomic E-state index is 0.0375. The van der Waals surface area contributed by atoms with Gasteiger partial charge in [-0.25, -0.2) is 4.99 Å². The molecule has 0 bridgehead atoms. The van der Waals surface area contributed by atoms with E-state index in [-0.39, 0.29) is 17.2 Å². The number of hydrogen-bond donors (Lipinski definition) is 0. The maximum atomic E-state index is 13.9. The van der Waals surface area contributed by atoms with E-state index >= 15 is 0 Å². The first-order chi connectivity index (χ1) is 19.6. The molecule has 0 aliphatic carbocycles. The van der Waals surface area contributed by atoms with Crippen molar-refractivity contribution in [3.8, 4) is 11.3 Å². The molecular weight excluding hydrogens is 564 g/mol. The van der Waals surface area contributed by atoms with Crippen molar-refractivity contribution >= 4 is 40.6 Å². The number of likely N-dealkylation sites (N-methyl/N-ethyl adjacent to an activating group) is 1. The van der Waals surface area contributed by atoms with E-state index in [0.29, 0.717) is 55.8 Å². The minimum Gasteiger partial charge on any atom is -0.457 e. The second kappa shape index (κ2) is 11.3. The van der Waals surface area contributed by atoms with Gasteiger partial charge in [0.2, 0.25) is 0 Å². The van der Waals surface area contributed by atoms with Crippen LogP contribution in [0.5, 0.6) is 0 Å². The van der Waals surface area contributed by atoms with Crippen molar-refractivity contribution in [1.82, 2.24) is 9.47 Å². The number of nitro benzene ring substituents is 1. The van der Waals surface area contributed by atoms with Crippen LogP contribution >= 0.6 is 22.9 Å². The first-order valence-electron chi connectivity index (χ1n) is 13.1. The number of halogens is 1. The van der Waals surface area contributed by atoms with Gasteiger partial charge in [-0.2, -0.15) is 0 Å². The summed E-state index contributed by atoms with van der Waals surface area (Å²) in [6.07, 6.45) is 1.63. The number of benzene rings is 2. The van der Waals surface area contributed by atoms with Gasteiger partial charge in [0.25, 0.3) is 17.2 Å². The molecule has 0 saturated heterocycles. The van der Waals surface area contributed by atoms with Gasteiger partial charge in [0.05, 0.1) is 26.8 Å². The van der Waals surface area contributed by atoms with Crippen molar-refractivity contribution in [2.75, 3.05) is 13.1 Å². The fourth-order valence-corrected chi connectivity index (χ4v) is 6.08. The molecule has 0 saturated carbocycles. The summed E-state index contributed by atoms with van der Waals surface area (Å²) in [5, 5.41) is 11.8. The molecule has 0 fully saturated rings. The number of rotatable bonds is 7. The van der Waals surface area contributed by atoms with Crippen molar-refractivity contribution in [1.29, 1.82) is 0 Å². The molecule has 11 heteroatoms. The van der Waals surface area contributed by atoms with Crippen LogP contribution in [0.4, 0.5) is 5.69 Å². The predicted molar refractivity (Wildman–Crippen MR) is 159 cm³/mol. The van der Waals surface area contributed by atoms with E-state index in [0.717, 1.165) is 11.1 Å². The predicted octanol–water partition coefficient (Wildman–Crippen LogP) is 5.23. The van der Waals surface area contributed by atoms with Crippen LogP contribution in [0.25, 0.3) is 17.4 Å². The van der Waals surface area contributed by atoms with Crippen LogP contribution in [0.1, 0.15) is 43.7 Å². The second-order valence-electron chi connectivity index (χ2n) is 9.57. The number of aromatic nitrogens is 1. The first kappa shape index (κ1) is 28.3. The molecule has 5 rings (SSSR count). The van der Waals surface area contributed by atoms with E-state index in [2.05, 4.69) is 4.99 Å². The van der Waals surface area contributed by atoms with Crippen LogP contribution < -0.4 is 14.9 Å². The fraction of sp³-hybridized carbons (Fsp3) is 0.233. The van der Waals surface area contributed by atoms with Crippen LogP contribution in [0.15, 0.2) is 80.1 Å². The Bertz CT molecular complexity index is 1880. The third-order valence-electron chi connectivity index (χ3n) is 7.09. The lowest BCUT2D eigenvalue weighted by atomic mass is 9.94. The third-order valence-corrected chi connectivity index (χ3v) is 8.32. The third kappa shape index (κ3) is 5.28. The number of amides is 1. The molecule has 0 spiro atoms. The monoisotopic (exact) mass is 590 g/mol. The van der Waals surface area contributed by atoms with E-state index in [9.17, 15) is 19.7 Å². The highest BCUT2D eigenvalue weighted by molar-refractivity contribution is 7.07. The maximum Gasteiger partial charge on any atom is 0.271 e. The van der Waals surface area contributed by atoms with Crippen molar-refractivity contribution in [3.63, 3.8) is 0 Å². The van der Waals surface area contributed by atoms with Gasteiger partial charge in [0, 0.05) is 41.9 Å². The molecule has 9 nitrogen and oxygen atoms in total. The van der Waals surface area contributed by atoms with Gasteiger partial charge < -0.3 is 9.32 Å². The van der Waals surface area contributed by atoms with Crippen molar-refractivity contribution in [3.05, 3.63) is 118 Å². The van der Waals surface area contributed by atoms with E-state index in [1.807, 2.05) is 32.9 Å². The Kier molecular flexibility index (Phi) is 7.79. The van der Waals surface area contributed by atoms with Crippen LogP contribution in [0.3, 0.4) is 0 Å². The highest BCUT2D eigenvalue weighted by Crippen LogP contribution is 2.32. The molecule has 4 aromatic rings. The number of nitrogens with zero attached hydrogens (tertiary/aromatic N) is 4. The molecule has 1 aliphatic heterocycles. The molecule has 0 N–H and O–H groups in total. The minimum atomic E-state index is -0.682. The summed E-state index contributed by atoms with van der Waals surface area (Å²) in [6.45, 7) is 8.50. The molecule has 0 unspecified atom stereocenters. The molecule has 1 amide bonds. The Morgan fingerprint density at radius 1 is 1.15 bits per heavy atom. The smallest absolute Gasteiger partial charge is 0.271 e. The van der Waals surface area contributed by atoms with E-state index in [1.165, 1.54) is 23.5 Å². The molecule has 0 radical (unpaired) electrons. The van der Waals surface area contributed by atoms with Gasteiger partial charge in [-0.15, -0.1) is 0 Å². The van der Waals surface area contributed by atoms with E-state index in [4.69, 9.17) is 16.0 Å². The summed E-state index contributed by atoms with van der Waals surface area (Å²) >= 11 is 7.36. The number of carbonyl (C=O) groups excluding carboxylic acids is 1. The summed E-state index contributed by atoms with van der Waals surface area (Å²) in [4.78, 5) is 45.3. The Balaban J connectivity index is 1.63. The number of hydrogen-bond acceptors (Lipinski definition) is 7. The van der Waals surface area contributed by atoms with E-state index in [1.54, 1.807) is 52.8 Å². The number of furan rings is 1.